The zero-order chi connectivity index (χ0) is 44.0. The molecule has 12 atom stereocenters. The average Bonchev–Trinajstić information content (AvgIpc) is 4.04. The normalized spacial score (nSPS) is 31.8. The van der Waals surface area contributed by atoms with E-state index in [1.807, 2.05) is 0 Å². The third-order valence-electron chi connectivity index (χ3n) is 10.3. The van der Waals surface area contributed by atoms with Gasteiger partial charge < -0.3 is 47.4 Å². The van der Waals surface area contributed by atoms with Crippen LogP contribution in [0.25, 0.3) is 0 Å². The van der Waals surface area contributed by atoms with Gasteiger partial charge in [-0.1, -0.05) is 20.9 Å². The highest BCUT2D eigenvalue weighted by atomic mass is 19.2. The monoisotopic (exact) mass is 890 g/mol. The van der Waals surface area contributed by atoms with Gasteiger partial charge in [0.15, 0.2) is 96.1 Å². The van der Waals surface area contributed by atoms with Gasteiger partial charge in [0.2, 0.25) is 23.8 Å². The number of rotatable bonds is 7. The molecule has 0 amide bonds. The number of carbonyl (C=O) groups excluding carboxylic acids is 4. The minimum Gasteiger partial charge on any atom is -0.454 e. The Morgan fingerprint density at radius 2 is 0.902 bits per heavy atom. The zero-order valence-corrected chi connectivity index (χ0v) is 30.8. The lowest BCUT2D eigenvalue weighted by molar-refractivity contribution is -0.189. The van der Waals surface area contributed by atoms with Crippen molar-refractivity contribution in [2.24, 2.45) is 5.41 Å². The Morgan fingerprint density at radius 1 is 0.557 bits per heavy atom. The van der Waals surface area contributed by atoms with E-state index in [1.54, 1.807) is 20.8 Å². The van der Waals surface area contributed by atoms with Gasteiger partial charge >= 0.3 is 23.9 Å². The molecule has 0 aliphatic carbocycles. The van der Waals surface area contributed by atoms with E-state index in [4.69, 9.17) is 47.4 Å². The molecule has 0 saturated carbocycles. The molecule has 2 unspecified atom stereocenters. The van der Waals surface area contributed by atoms with E-state index >= 15 is 0 Å². The Morgan fingerprint density at radius 3 is 1.25 bits per heavy atom. The molecule has 6 aliphatic rings. The van der Waals surface area contributed by atoms with E-state index in [2.05, 4.69) is 6.58 Å². The van der Waals surface area contributed by atoms with Crippen molar-refractivity contribution in [1.29, 1.82) is 0 Å². The molecule has 6 saturated heterocycles. The zero-order valence-electron chi connectivity index (χ0n) is 30.8. The average molecular weight is 891 g/mol. The molecule has 61 heavy (non-hydrogen) atoms. The molecule has 0 radical (unpaired) electrons. The van der Waals surface area contributed by atoms with Crippen LogP contribution in [0.1, 0.15) is 65.2 Å². The first-order chi connectivity index (χ1) is 28.1. The first-order valence-electron chi connectivity index (χ1n) is 17.5. The highest BCUT2D eigenvalue weighted by Gasteiger charge is 2.65. The fourth-order valence-electron chi connectivity index (χ4n) is 6.62. The van der Waals surface area contributed by atoms with Crippen LogP contribution in [-0.2, 0) is 66.5 Å². The summed E-state index contributed by atoms with van der Waals surface area (Å²) < 4.78 is 188. The molecule has 24 heteroatoms. The smallest absolute Gasteiger partial charge is 0.350 e. The van der Waals surface area contributed by atoms with Crippen LogP contribution in [0.5, 0.6) is 0 Å². The maximum Gasteiger partial charge on any atom is 0.350 e. The van der Waals surface area contributed by atoms with Crippen LogP contribution in [0.4, 0.5) is 43.9 Å². The summed E-state index contributed by atoms with van der Waals surface area (Å²) in [7, 11) is 0. The fraction of sp³-hybridized carbons (Fsp3) is 0.514. The molecule has 0 spiro atoms. The summed E-state index contributed by atoms with van der Waals surface area (Å²) in [6.45, 7) is 9.73. The van der Waals surface area contributed by atoms with Gasteiger partial charge in [0, 0.05) is 5.57 Å². The third kappa shape index (κ3) is 7.49. The Bertz CT molecular complexity index is 2130. The number of carbonyl (C=O) groups is 4. The number of halogens is 10. The van der Waals surface area contributed by atoms with Crippen LogP contribution in [0, 0.1) is 63.6 Å². The molecule has 334 valence electrons. The Hall–Kier alpha value is -4.88. The van der Waals surface area contributed by atoms with Crippen molar-refractivity contribution in [2.75, 3.05) is 0 Å². The van der Waals surface area contributed by atoms with Gasteiger partial charge in [-0.15, -0.1) is 0 Å². The van der Waals surface area contributed by atoms with Crippen molar-refractivity contribution in [2.45, 2.75) is 116 Å². The van der Waals surface area contributed by atoms with Crippen LogP contribution in [0.15, 0.2) is 12.2 Å². The van der Waals surface area contributed by atoms with Gasteiger partial charge in [0.1, 0.15) is 12.2 Å². The molecule has 0 aromatic heterocycles. The lowest BCUT2D eigenvalue weighted by atomic mass is 9.90. The van der Waals surface area contributed by atoms with Crippen LogP contribution < -0.4 is 0 Å². The second-order valence-electron chi connectivity index (χ2n) is 14.5. The summed E-state index contributed by atoms with van der Waals surface area (Å²) in [6.07, 6.45) is -16.3. The fourth-order valence-corrected chi connectivity index (χ4v) is 6.62. The van der Waals surface area contributed by atoms with Crippen molar-refractivity contribution in [3.8, 4) is 0 Å². The van der Waals surface area contributed by atoms with Crippen molar-refractivity contribution < 1.29 is 110 Å². The van der Waals surface area contributed by atoms with Crippen molar-refractivity contribution in [3.05, 3.63) is 81.5 Å². The van der Waals surface area contributed by atoms with Crippen molar-refractivity contribution >= 4 is 23.9 Å². The molecule has 2 aromatic rings. The summed E-state index contributed by atoms with van der Waals surface area (Å²) in [6, 6.07) is 0. The SMILES string of the molecule is C.C=C(C)C(=O)O[C@@H]1C(=O)O[C@@H]2[C@H]3OC(c4c(F)c(F)c(F)c(F)c4F)O[C@H]3O[C@@H]21.CCC(C)(C)C(=O)O[C@@H]1C(=O)O[C@@H]2[C@H]3OC(c4c(F)c(F)c(F)c(F)c4F)O[C@H]3O[C@@H]21. The maximum atomic E-state index is 14.0. The van der Waals surface area contributed by atoms with E-state index in [0.717, 1.165) is 0 Å². The minimum atomic E-state index is -2.33. The minimum absolute atomic E-state index is 0. The topological polar surface area (TPSA) is 161 Å². The number of hydrogen-bond acceptors (Lipinski definition) is 14. The lowest BCUT2D eigenvalue weighted by Crippen LogP contribution is -2.39. The van der Waals surface area contributed by atoms with Crippen LogP contribution >= 0.6 is 0 Å². The molecular formula is C37H32F10O14. The molecular weight excluding hydrogens is 858 g/mol. The first-order valence-corrected chi connectivity index (χ1v) is 17.5. The number of benzene rings is 2. The largest absolute Gasteiger partial charge is 0.454 e. The highest BCUT2D eigenvalue weighted by molar-refractivity contribution is 5.90. The quantitative estimate of drug-likeness (QED) is 0.0873. The summed E-state index contributed by atoms with van der Waals surface area (Å²) in [5, 5.41) is 0. The predicted octanol–water partition coefficient (Wildman–Crippen LogP) is 5.36. The van der Waals surface area contributed by atoms with Crippen LogP contribution in [0.2, 0.25) is 0 Å². The van der Waals surface area contributed by atoms with E-state index in [0.29, 0.717) is 6.42 Å². The molecule has 0 N–H and O–H groups in total. The predicted molar refractivity (Wildman–Crippen MR) is 172 cm³/mol. The first kappa shape index (κ1) is 45.6. The van der Waals surface area contributed by atoms with Gasteiger partial charge in [0.25, 0.3) is 0 Å². The summed E-state index contributed by atoms with van der Waals surface area (Å²) in [5.41, 5.74) is -3.54. The highest BCUT2D eigenvalue weighted by Crippen LogP contribution is 2.47. The van der Waals surface area contributed by atoms with E-state index in [9.17, 15) is 63.1 Å². The van der Waals surface area contributed by atoms with Crippen LogP contribution in [-0.4, -0.2) is 85.3 Å². The molecule has 8 rings (SSSR count). The summed E-state index contributed by atoms with van der Waals surface area (Å²) >= 11 is 0. The summed E-state index contributed by atoms with van der Waals surface area (Å²) in [5.74, 6) is -25.2. The van der Waals surface area contributed by atoms with Gasteiger partial charge in [-0.2, -0.15) is 0 Å². The standard InChI is InChI=1S/C19H17F5O7.C17H11F5O7.CH4/c1-4-19(2,3)18(26)30-13-11-12(27-15(13)25)14-17(28-11)31-16(29-14)5-6(20)8(22)10(24)9(23)7(5)21;1-3(2)14(23)26-12-10-11(25-15(12)24)13-17(27-10)29-16(28-13)4-5(18)7(20)9(22)8(21)6(4)19;/h11-14,16-17H,4H2,1-3H3;10-13,16-17H,1H2,2H3;1H4/t11-,12-,13-,14+,16?,17+;10-,11-,12-,13+,16?,17+;/m00./s1. The van der Waals surface area contributed by atoms with E-state index in [-0.39, 0.29) is 13.0 Å². The Labute approximate surface area is 336 Å². The second kappa shape index (κ2) is 16.4. The number of fused-ring (bicyclic) bond motifs is 6. The molecule has 6 fully saturated rings. The van der Waals surface area contributed by atoms with Crippen molar-refractivity contribution in [3.63, 3.8) is 0 Å². The molecule has 6 heterocycles. The molecule has 6 aliphatic heterocycles. The number of ether oxygens (including phenoxy) is 10. The molecule has 0 bridgehead atoms. The Kier molecular flexibility index (Phi) is 12.3. The van der Waals surface area contributed by atoms with Crippen molar-refractivity contribution in [1.82, 2.24) is 0 Å². The summed E-state index contributed by atoms with van der Waals surface area (Å²) in [4.78, 5) is 48.1. The van der Waals surface area contributed by atoms with Gasteiger partial charge in [-0.3, -0.25) is 4.79 Å². The van der Waals surface area contributed by atoms with Gasteiger partial charge in [0.05, 0.1) is 16.5 Å². The second-order valence-corrected chi connectivity index (χ2v) is 14.5. The van der Waals surface area contributed by atoms with E-state index in [1.165, 1.54) is 6.92 Å². The van der Waals surface area contributed by atoms with E-state index < -0.39 is 173 Å². The van der Waals surface area contributed by atoms with Crippen LogP contribution in [0.3, 0.4) is 0 Å². The Balaban J connectivity index is 0.000000201. The lowest BCUT2D eigenvalue weighted by Gasteiger charge is -2.24. The van der Waals surface area contributed by atoms with Gasteiger partial charge in [-0.25, -0.2) is 58.3 Å². The molecule has 2 aromatic carbocycles. The number of hydrogen-bond donors (Lipinski definition) is 0. The maximum absolute atomic E-state index is 14.0. The van der Waals surface area contributed by atoms with Gasteiger partial charge in [-0.05, 0) is 27.2 Å². The third-order valence-corrected chi connectivity index (χ3v) is 10.3. The molecule has 14 nitrogen and oxygen atoms in total. The number of esters is 4.